The first-order valence-electron chi connectivity index (χ1n) is 19.9. The van der Waals surface area contributed by atoms with Gasteiger partial charge in [-0.15, -0.1) is 0 Å². The van der Waals surface area contributed by atoms with Crippen LogP contribution >= 0.6 is 0 Å². The number of aliphatic hydroxyl groups is 7. The minimum absolute atomic E-state index is 0.0834. The fraction of sp³-hybridized carbons (Fsp3) is 0.707. The molecule has 0 aromatic rings. The first-order chi connectivity index (χ1) is 27.0. The highest BCUT2D eigenvalue weighted by Gasteiger charge is 2.47. The minimum atomic E-state index is -1.77. The molecule has 0 aromatic heterocycles. The largest absolute Gasteiger partial charge is 0.462 e. The molecule has 15 heteroatoms. The van der Waals surface area contributed by atoms with Gasteiger partial charge in [-0.25, -0.2) is 0 Å². The molecular formula is C41H66O15. The Labute approximate surface area is 330 Å². The number of unbranched alkanes of at least 4 members (excludes halogenated alkanes) is 3. The van der Waals surface area contributed by atoms with Crippen molar-refractivity contribution >= 4 is 11.9 Å². The molecule has 2 heterocycles. The van der Waals surface area contributed by atoms with E-state index in [0.717, 1.165) is 44.9 Å². The van der Waals surface area contributed by atoms with E-state index in [1.165, 1.54) is 0 Å². The second-order valence-electron chi connectivity index (χ2n) is 13.7. The predicted octanol–water partition coefficient (Wildman–Crippen LogP) is 2.58. The molecule has 0 aromatic carbocycles. The number of aliphatic hydroxyl groups excluding tert-OH is 7. The van der Waals surface area contributed by atoms with Gasteiger partial charge in [0.15, 0.2) is 18.7 Å². The van der Waals surface area contributed by atoms with Crippen molar-refractivity contribution in [2.24, 2.45) is 0 Å². The summed E-state index contributed by atoms with van der Waals surface area (Å²) < 4.78 is 33.0. The molecule has 0 radical (unpaired) electrons. The summed E-state index contributed by atoms with van der Waals surface area (Å²) in [5, 5.41) is 71.4. The number of ether oxygens (including phenoxy) is 6. The number of rotatable bonds is 27. The van der Waals surface area contributed by atoms with Crippen molar-refractivity contribution < 1.29 is 73.8 Å². The Morgan fingerprint density at radius 2 is 1.11 bits per heavy atom. The van der Waals surface area contributed by atoms with Crippen molar-refractivity contribution in [2.75, 3.05) is 26.4 Å². The van der Waals surface area contributed by atoms with Crippen LogP contribution in [-0.2, 0) is 38.0 Å². The summed E-state index contributed by atoms with van der Waals surface area (Å²) in [5.74, 6) is -1.03. The molecule has 2 fully saturated rings. The highest BCUT2D eigenvalue weighted by molar-refractivity contribution is 5.70. The molecule has 11 unspecified atom stereocenters. The van der Waals surface area contributed by atoms with E-state index in [1.54, 1.807) is 0 Å². The maximum absolute atomic E-state index is 12.8. The molecule has 2 aliphatic rings. The van der Waals surface area contributed by atoms with Crippen LogP contribution < -0.4 is 0 Å². The average Bonchev–Trinajstić information content (AvgIpc) is 3.19. The topological polar surface area (TPSA) is 231 Å². The van der Waals surface area contributed by atoms with E-state index in [4.69, 9.17) is 28.4 Å². The van der Waals surface area contributed by atoms with Crippen molar-refractivity contribution in [1.29, 1.82) is 0 Å². The van der Waals surface area contributed by atoms with Gasteiger partial charge >= 0.3 is 11.9 Å². The van der Waals surface area contributed by atoms with Gasteiger partial charge in [-0.2, -0.15) is 0 Å². The zero-order valence-electron chi connectivity index (χ0n) is 32.8. The van der Waals surface area contributed by atoms with E-state index in [1.807, 2.05) is 19.1 Å². The normalized spacial score (nSPS) is 29.3. The molecule has 56 heavy (non-hydrogen) atoms. The lowest BCUT2D eigenvalue weighted by Gasteiger charge is -2.42. The standard InChI is InChI=1S/C41H66O15/c1-3-5-7-8-9-10-11-12-13-14-15-16-17-18-19-20-22-24-33(44)54-29(26-51-32(43)23-21-6-4-2)27-52-40-39(50)37(48)35(46)31(56-40)28-53-41-38(49)36(47)34(45)30(25-42)55-41/h5,7,9-10,12-13,15-16,18-19,29-31,34-42,45-50H,3-4,6,8,11,14,17,20-28H2,1-2H3/b7-5-,10-9-,13-12-,16-15-,19-18-. The fourth-order valence-corrected chi connectivity index (χ4v) is 5.66. The molecule has 320 valence electrons. The van der Waals surface area contributed by atoms with Gasteiger partial charge < -0.3 is 64.2 Å². The monoisotopic (exact) mass is 798 g/mol. The van der Waals surface area contributed by atoms with Crippen LogP contribution in [0.5, 0.6) is 0 Å². The van der Waals surface area contributed by atoms with E-state index >= 15 is 0 Å². The number of allylic oxidation sites excluding steroid dienone is 10. The van der Waals surface area contributed by atoms with Gasteiger partial charge in [-0.05, 0) is 51.4 Å². The molecule has 0 aliphatic carbocycles. The highest BCUT2D eigenvalue weighted by atomic mass is 16.7. The summed E-state index contributed by atoms with van der Waals surface area (Å²) in [6.07, 6.45) is 12.5. The fourth-order valence-electron chi connectivity index (χ4n) is 5.66. The third-order valence-corrected chi connectivity index (χ3v) is 9.01. The Kier molecular flexibility index (Phi) is 25.9. The van der Waals surface area contributed by atoms with E-state index in [9.17, 15) is 45.3 Å². The molecule has 0 bridgehead atoms. The van der Waals surface area contributed by atoms with Crippen LogP contribution in [0.15, 0.2) is 60.8 Å². The van der Waals surface area contributed by atoms with Gasteiger partial charge in [-0.1, -0.05) is 87.4 Å². The zero-order chi connectivity index (χ0) is 41.1. The van der Waals surface area contributed by atoms with Gasteiger partial charge in [0.05, 0.1) is 19.8 Å². The molecule has 7 N–H and O–H groups in total. The third kappa shape index (κ3) is 19.1. The van der Waals surface area contributed by atoms with Gasteiger partial charge in [0, 0.05) is 12.8 Å². The third-order valence-electron chi connectivity index (χ3n) is 9.01. The number of carbonyl (C=O) groups is 2. The lowest BCUT2D eigenvalue weighted by Crippen LogP contribution is -2.61. The average molecular weight is 799 g/mol. The van der Waals surface area contributed by atoms with Crippen LogP contribution in [0.1, 0.15) is 90.9 Å². The van der Waals surface area contributed by atoms with Crippen molar-refractivity contribution in [3.8, 4) is 0 Å². The van der Waals surface area contributed by atoms with Crippen LogP contribution in [0.25, 0.3) is 0 Å². The first kappa shape index (κ1) is 49.3. The van der Waals surface area contributed by atoms with Crippen molar-refractivity contribution in [3.63, 3.8) is 0 Å². The van der Waals surface area contributed by atoms with E-state index in [-0.39, 0.29) is 19.4 Å². The lowest BCUT2D eigenvalue weighted by atomic mass is 9.98. The summed E-state index contributed by atoms with van der Waals surface area (Å²) in [4.78, 5) is 25.1. The maximum atomic E-state index is 12.8. The summed E-state index contributed by atoms with van der Waals surface area (Å²) in [7, 11) is 0. The maximum Gasteiger partial charge on any atom is 0.306 e. The highest BCUT2D eigenvalue weighted by Crippen LogP contribution is 2.26. The minimum Gasteiger partial charge on any atom is -0.462 e. The quantitative estimate of drug-likeness (QED) is 0.0360. The SMILES string of the molecule is CC/C=C\C/C=C\C/C=C\C/C=C\C/C=C\CCCC(=O)OC(COC(=O)CCCCC)COC1OC(COC2OC(CO)C(O)C(O)C2O)C(O)C(O)C1O. The molecule has 2 aliphatic heterocycles. The van der Waals surface area contributed by atoms with Crippen LogP contribution in [-0.4, -0.2) is 142 Å². The molecule has 15 nitrogen and oxygen atoms in total. The number of esters is 2. The first-order valence-corrected chi connectivity index (χ1v) is 19.9. The van der Waals surface area contributed by atoms with E-state index < -0.39 is 99.3 Å². The van der Waals surface area contributed by atoms with E-state index in [0.29, 0.717) is 19.3 Å². The summed E-state index contributed by atoms with van der Waals surface area (Å²) in [6.45, 7) is 2.16. The molecular weight excluding hydrogens is 732 g/mol. The van der Waals surface area contributed by atoms with Gasteiger partial charge in [0.25, 0.3) is 0 Å². The van der Waals surface area contributed by atoms with Crippen LogP contribution in [0.2, 0.25) is 0 Å². The Hall–Kier alpha value is -2.80. The summed E-state index contributed by atoms with van der Waals surface area (Å²) in [6, 6.07) is 0. The Morgan fingerprint density at radius 3 is 1.68 bits per heavy atom. The second kappa shape index (κ2) is 29.4. The number of hydrogen-bond donors (Lipinski definition) is 7. The Bertz CT molecular complexity index is 1220. The summed E-state index contributed by atoms with van der Waals surface area (Å²) in [5.41, 5.74) is 0. The van der Waals surface area contributed by atoms with Crippen molar-refractivity contribution in [3.05, 3.63) is 60.8 Å². The van der Waals surface area contributed by atoms with Gasteiger partial charge in [0.1, 0.15) is 55.4 Å². The Balaban J connectivity index is 1.85. The summed E-state index contributed by atoms with van der Waals surface area (Å²) >= 11 is 0. The zero-order valence-corrected chi connectivity index (χ0v) is 32.8. The molecule has 11 atom stereocenters. The molecule has 0 saturated carbocycles. The van der Waals surface area contributed by atoms with E-state index in [2.05, 4.69) is 55.5 Å². The van der Waals surface area contributed by atoms with Gasteiger partial charge in [-0.3, -0.25) is 9.59 Å². The number of carbonyl (C=O) groups excluding carboxylic acids is 2. The molecule has 0 spiro atoms. The number of hydrogen-bond acceptors (Lipinski definition) is 15. The lowest BCUT2D eigenvalue weighted by molar-refractivity contribution is -0.332. The van der Waals surface area contributed by atoms with Crippen molar-refractivity contribution in [1.82, 2.24) is 0 Å². The van der Waals surface area contributed by atoms with Gasteiger partial charge in [0.2, 0.25) is 0 Å². The molecule has 0 amide bonds. The predicted molar refractivity (Wildman–Crippen MR) is 206 cm³/mol. The van der Waals surface area contributed by atoms with Crippen LogP contribution in [0.3, 0.4) is 0 Å². The van der Waals surface area contributed by atoms with Crippen molar-refractivity contribution in [2.45, 2.75) is 158 Å². The van der Waals surface area contributed by atoms with Crippen LogP contribution in [0, 0.1) is 0 Å². The smallest absolute Gasteiger partial charge is 0.306 e. The Morgan fingerprint density at radius 1 is 0.589 bits per heavy atom. The molecule has 2 rings (SSSR count). The molecule has 2 saturated heterocycles. The van der Waals surface area contributed by atoms with Crippen LogP contribution in [0.4, 0.5) is 0 Å². The second-order valence-corrected chi connectivity index (χ2v) is 13.7.